The summed E-state index contributed by atoms with van der Waals surface area (Å²) in [6.07, 6.45) is 2.77. The van der Waals surface area contributed by atoms with Crippen LogP contribution in [-0.2, 0) is 11.8 Å². The third kappa shape index (κ3) is 2.86. The Morgan fingerprint density at radius 2 is 2.00 bits per heavy atom. The molecule has 0 radical (unpaired) electrons. The smallest absolute Gasteiger partial charge is 0.227 e. The molecule has 5 nitrogen and oxygen atoms in total. The second-order valence-corrected chi connectivity index (χ2v) is 7.21. The van der Waals surface area contributed by atoms with Gasteiger partial charge in [0.25, 0.3) is 0 Å². The number of rotatable bonds is 3. The molecule has 0 saturated carbocycles. The number of aromatic nitrogens is 2. The van der Waals surface area contributed by atoms with Crippen molar-refractivity contribution in [2.75, 3.05) is 12.4 Å². The van der Waals surface area contributed by atoms with Crippen molar-refractivity contribution in [3.05, 3.63) is 59.8 Å². The number of anilines is 2. The van der Waals surface area contributed by atoms with Crippen molar-refractivity contribution < 1.29 is 9.84 Å². The molecule has 5 heteroatoms. The minimum absolute atomic E-state index is 0.0120. The molecular formula is C21H21N3O2. The van der Waals surface area contributed by atoms with E-state index in [0.29, 0.717) is 5.95 Å². The molecule has 0 fully saturated rings. The fraction of sp³-hybridized carbons (Fsp3) is 0.238. The number of phenolic OH excluding ortho intramolecular Hbond substituents is 1. The number of nitrogens with one attached hydrogen (secondary N) is 1. The highest BCUT2D eigenvalue weighted by molar-refractivity contribution is 5.74. The normalized spacial score (nSPS) is 14.3. The van der Waals surface area contributed by atoms with Crippen molar-refractivity contribution in [3.63, 3.8) is 0 Å². The molecule has 0 atom stereocenters. The van der Waals surface area contributed by atoms with Crippen LogP contribution in [0.5, 0.6) is 11.5 Å². The van der Waals surface area contributed by atoms with E-state index >= 15 is 0 Å². The number of hydrogen-bond acceptors (Lipinski definition) is 5. The van der Waals surface area contributed by atoms with Gasteiger partial charge in [-0.2, -0.15) is 0 Å². The quantitative estimate of drug-likeness (QED) is 0.733. The molecule has 2 aromatic carbocycles. The van der Waals surface area contributed by atoms with Crippen molar-refractivity contribution in [1.29, 1.82) is 0 Å². The van der Waals surface area contributed by atoms with Gasteiger partial charge in [-0.1, -0.05) is 26.0 Å². The first-order valence-electron chi connectivity index (χ1n) is 8.57. The monoisotopic (exact) mass is 347 g/mol. The molecule has 1 heterocycles. The van der Waals surface area contributed by atoms with Crippen molar-refractivity contribution in [2.45, 2.75) is 25.7 Å². The van der Waals surface area contributed by atoms with Crippen LogP contribution in [0.15, 0.2) is 48.7 Å². The standard InChI is InChI=1S/C21H21N3O2/c1-21(2)11-13-12-22-20(23-14-5-4-6-15(25)9-14)24-19(13)17-10-16(26-3)7-8-18(17)21/h4-10,12,25H,11H2,1-3H3,(H,22,23,24). The minimum atomic E-state index is 0.0120. The van der Waals surface area contributed by atoms with E-state index in [1.165, 1.54) is 5.56 Å². The van der Waals surface area contributed by atoms with Gasteiger partial charge < -0.3 is 15.2 Å². The summed E-state index contributed by atoms with van der Waals surface area (Å²) in [5.41, 5.74) is 5.14. The summed E-state index contributed by atoms with van der Waals surface area (Å²) in [4.78, 5) is 9.22. The van der Waals surface area contributed by atoms with Gasteiger partial charge in [0, 0.05) is 23.5 Å². The summed E-state index contributed by atoms with van der Waals surface area (Å²) < 4.78 is 5.42. The minimum Gasteiger partial charge on any atom is -0.508 e. The van der Waals surface area contributed by atoms with Gasteiger partial charge in [-0.3, -0.25) is 0 Å². The number of aromatic hydroxyl groups is 1. The highest BCUT2D eigenvalue weighted by Crippen LogP contribution is 2.43. The fourth-order valence-electron chi connectivity index (χ4n) is 3.55. The molecule has 1 aliphatic carbocycles. The highest BCUT2D eigenvalue weighted by atomic mass is 16.5. The molecule has 26 heavy (non-hydrogen) atoms. The molecule has 3 aromatic rings. The molecule has 0 amide bonds. The van der Waals surface area contributed by atoms with Crippen LogP contribution >= 0.6 is 0 Å². The number of ether oxygens (including phenoxy) is 1. The Bertz CT molecular complexity index is 983. The Hall–Kier alpha value is -3.08. The first-order valence-corrected chi connectivity index (χ1v) is 8.57. The van der Waals surface area contributed by atoms with E-state index in [1.54, 1.807) is 25.3 Å². The van der Waals surface area contributed by atoms with Gasteiger partial charge in [0.1, 0.15) is 11.5 Å². The predicted molar refractivity (Wildman–Crippen MR) is 102 cm³/mol. The zero-order valence-corrected chi connectivity index (χ0v) is 15.1. The number of hydrogen-bond donors (Lipinski definition) is 2. The number of benzene rings is 2. The number of fused-ring (bicyclic) bond motifs is 3. The number of methoxy groups -OCH3 is 1. The summed E-state index contributed by atoms with van der Waals surface area (Å²) in [5.74, 6) is 1.51. The van der Waals surface area contributed by atoms with Crippen molar-refractivity contribution in [2.24, 2.45) is 0 Å². The number of phenols is 1. The molecule has 1 aromatic heterocycles. The Kier molecular flexibility index (Phi) is 3.80. The van der Waals surface area contributed by atoms with Gasteiger partial charge in [0.2, 0.25) is 5.95 Å². The lowest BCUT2D eigenvalue weighted by atomic mass is 9.72. The van der Waals surface area contributed by atoms with Crippen LogP contribution in [0.4, 0.5) is 11.6 Å². The van der Waals surface area contributed by atoms with Gasteiger partial charge in [-0.15, -0.1) is 0 Å². The summed E-state index contributed by atoms with van der Waals surface area (Å²) >= 11 is 0. The van der Waals surface area contributed by atoms with Gasteiger partial charge in [0.15, 0.2) is 0 Å². The summed E-state index contributed by atoms with van der Waals surface area (Å²) in [6, 6.07) is 13.1. The summed E-state index contributed by atoms with van der Waals surface area (Å²) in [7, 11) is 1.67. The largest absolute Gasteiger partial charge is 0.508 e. The fourth-order valence-corrected chi connectivity index (χ4v) is 3.55. The van der Waals surface area contributed by atoms with E-state index in [2.05, 4.69) is 30.2 Å². The molecule has 2 N–H and O–H groups in total. The van der Waals surface area contributed by atoms with Gasteiger partial charge >= 0.3 is 0 Å². The van der Waals surface area contributed by atoms with Crippen LogP contribution in [-0.4, -0.2) is 22.2 Å². The Balaban J connectivity index is 1.79. The first-order chi connectivity index (χ1) is 12.5. The van der Waals surface area contributed by atoms with E-state index in [1.807, 2.05) is 24.4 Å². The van der Waals surface area contributed by atoms with E-state index < -0.39 is 0 Å². The van der Waals surface area contributed by atoms with Crippen LogP contribution in [0, 0.1) is 0 Å². The zero-order valence-electron chi connectivity index (χ0n) is 15.1. The maximum Gasteiger partial charge on any atom is 0.227 e. The first kappa shape index (κ1) is 16.4. The third-order valence-electron chi connectivity index (χ3n) is 4.81. The maximum atomic E-state index is 9.63. The number of nitrogens with zero attached hydrogens (tertiary/aromatic N) is 2. The van der Waals surface area contributed by atoms with Crippen LogP contribution < -0.4 is 10.1 Å². The Morgan fingerprint density at radius 3 is 2.77 bits per heavy atom. The molecule has 0 saturated heterocycles. The van der Waals surface area contributed by atoms with E-state index in [4.69, 9.17) is 9.72 Å². The second-order valence-electron chi connectivity index (χ2n) is 7.21. The lowest BCUT2D eigenvalue weighted by Gasteiger charge is -2.33. The van der Waals surface area contributed by atoms with Gasteiger partial charge in [0.05, 0.1) is 12.8 Å². The summed E-state index contributed by atoms with van der Waals surface area (Å²) in [5, 5.41) is 12.8. The Morgan fingerprint density at radius 1 is 1.15 bits per heavy atom. The SMILES string of the molecule is COc1ccc2c(c1)-c1nc(Nc3cccc(O)c3)ncc1CC2(C)C. The molecule has 4 rings (SSSR count). The van der Waals surface area contributed by atoms with Crippen molar-refractivity contribution >= 4 is 11.6 Å². The van der Waals surface area contributed by atoms with E-state index in [0.717, 1.165) is 34.7 Å². The molecule has 0 aliphatic heterocycles. The third-order valence-corrected chi connectivity index (χ3v) is 4.81. The maximum absolute atomic E-state index is 9.63. The van der Waals surface area contributed by atoms with Gasteiger partial charge in [-0.25, -0.2) is 9.97 Å². The molecule has 0 unspecified atom stereocenters. The topological polar surface area (TPSA) is 67.3 Å². The van der Waals surface area contributed by atoms with Crippen molar-refractivity contribution in [1.82, 2.24) is 9.97 Å². The molecule has 0 bridgehead atoms. The second kappa shape index (κ2) is 6.02. The molecular weight excluding hydrogens is 326 g/mol. The predicted octanol–water partition coefficient (Wildman–Crippen LogP) is 4.44. The molecule has 132 valence electrons. The molecule has 0 spiro atoms. The zero-order chi connectivity index (χ0) is 18.3. The van der Waals surface area contributed by atoms with Crippen LogP contribution in [0.1, 0.15) is 25.0 Å². The van der Waals surface area contributed by atoms with Crippen LogP contribution in [0.25, 0.3) is 11.3 Å². The van der Waals surface area contributed by atoms with E-state index in [9.17, 15) is 5.11 Å². The highest BCUT2D eigenvalue weighted by Gasteiger charge is 2.32. The lowest BCUT2D eigenvalue weighted by molar-refractivity contribution is 0.414. The van der Waals surface area contributed by atoms with Crippen LogP contribution in [0.3, 0.4) is 0 Å². The summed E-state index contributed by atoms with van der Waals surface area (Å²) in [6.45, 7) is 4.47. The molecule has 1 aliphatic rings. The Labute approximate surface area is 152 Å². The average molecular weight is 347 g/mol. The average Bonchev–Trinajstić information content (AvgIpc) is 2.62. The van der Waals surface area contributed by atoms with E-state index in [-0.39, 0.29) is 11.2 Å². The lowest BCUT2D eigenvalue weighted by Crippen LogP contribution is -2.26. The van der Waals surface area contributed by atoms with Gasteiger partial charge in [-0.05, 0) is 47.2 Å². The van der Waals surface area contributed by atoms with Crippen LogP contribution in [0.2, 0.25) is 0 Å². The van der Waals surface area contributed by atoms with Crippen molar-refractivity contribution in [3.8, 4) is 22.8 Å².